The van der Waals surface area contributed by atoms with Gasteiger partial charge in [0.2, 0.25) is 5.88 Å². The summed E-state index contributed by atoms with van der Waals surface area (Å²) in [5.41, 5.74) is 0.838. The molecule has 1 aromatic carbocycles. The second-order valence-corrected chi connectivity index (χ2v) is 5.70. The maximum absolute atomic E-state index is 12.1. The predicted octanol–water partition coefficient (Wildman–Crippen LogP) is 2.57. The molecule has 1 N–H and O–H groups in total. The normalized spacial score (nSPS) is 11.0. The first kappa shape index (κ1) is 13.2. The molecule has 0 aliphatic rings. The molecule has 1 aromatic heterocycles. The van der Waals surface area contributed by atoms with Crippen molar-refractivity contribution < 1.29 is 12.8 Å². The Morgan fingerprint density at radius 1 is 1.21 bits per heavy atom. The smallest absolute Gasteiger partial charge is 0.264 e. The molecule has 2 aromatic rings. The van der Waals surface area contributed by atoms with Crippen LogP contribution in [0, 0.1) is 25.2 Å². The number of nitriles is 1. The van der Waals surface area contributed by atoms with Crippen molar-refractivity contribution in [2.75, 3.05) is 4.72 Å². The van der Waals surface area contributed by atoms with E-state index in [9.17, 15) is 8.42 Å². The van der Waals surface area contributed by atoms with Crippen LogP contribution in [0.25, 0.3) is 0 Å². The van der Waals surface area contributed by atoms with Crippen molar-refractivity contribution in [1.29, 1.82) is 5.26 Å². The number of furan rings is 1. The Kier molecular flexibility index (Phi) is 3.32. The monoisotopic (exact) mass is 276 g/mol. The average Bonchev–Trinajstić information content (AvgIpc) is 2.65. The molecular weight excluding hydrogens is 264 g/mol. The van der Waals surface area contributed by atoms with E-state index < -0.39 is 10.0 Å². The zero-order valence-electron chi connectivity index (χ0n) is 10.5. The van der Waals surface area contributed by atoms with Crippen LogP contribution in [0.15, 0.2) is 39.6 Å². The minimum Gasteiger partial charge on any atom is -0.443 e. The van der Waals surface area contributed by atoms with Crippen LogP contribution in [0.3, 0.4) is 0 Å². The van der Waals surface area contributed by atoms with E-state index in [-0.39, 0.29) is 16.3 Å². The fourth-order valence-electron chi connectivity index (χ4n) is 1.61. The van der Waals surface area contributed by atoms with Gasteiger partial charge in [-0.25, -0.2) is 13.1 Å². The number of sulfonamides is 1. The molecule has 0 spiro atoms. The summed E-state index contributed by atoms with van der Waals surface area (Å²) in [6, 6.07) is 9.85. The summed E-state index contributed by atoms with van der Waals surface area (Å²) in [5, 5.41) is 9.04. The Balaban J connectivity index is 2.43. The average molecular weight is 276 g/mol. The quantitative estimate of drug-likeness (QED) is 0.933. The molecule has 0 unspecified atom stereocenters. The second kappa shape index (κ2) is 4.78. The highest BCUT2D eigenvalue weighted by Crippen LogP contribution is 2.27. The molecule has 6 heteroatoms. The fraction of sp³-hybridized carbons (Fsp3) is 0.154. The fourth-order valence-corrected chi connectivity index (χ4v) is 2.64. The van der Waals surface area contributed by atoms with Gasteiger partial charge in [0.25, 0.3) is 10.0 Å². The molecule has 0 amide bonds. The number of anilines is 1. The lowest BCUT2D eigenvalue weighted by Gasteiger charge is -2.05. The van der Waals surface area contributed by atoms with E-state index in [4.69, 9.17) is 9.68 Å². The Bertz CT molecular complexity index is 740. The molecule has 0 aliphatic heterocycles. The van der Waals surface area contributed by atoms with Gasteiger partial charge < -0.3 is 4.42 Å². The second-order valence-electron chi connectivity index (χ2n) is 4.02. The van der Waals surface area contributed by atoms with Gasteiger partial charge in [-0.3, -0.25) is 0 Å². The zero-order valence-corrected chi connectivity index (χ0v) is 11.3. The van der Waals surface area contributed by atoms with Crippen LogP contribution in [0.2, 0.25) is 0 Å². The molecule has 0 atom stereocenters. The number of nitrogens with one attached hydrogen (secondary N) is 1. The lowest BCUT2D eigenvalue weighted by molar-refractivity contribution is 0.546. The Labute approximate surface area is 111 Å². The summed E-state index contributed by atoms with van der Waals surface area (Å²) in [4.78, 5) is 0.116. The van der Waals surface area contributed by atoms with Crippen molar-refractivity contribution in [3.8, 4) is 6.07 Å². The number of rotatable bonds is 3. The van der Waals surface area contributed by atoms with Gasteiger partial charge in [0.05, 0.1) is 4.90 Å². The van der Waals surface area contributed by atoms with Gasteiger partial charge >= 0.3 is 0 Å². The van der Waals surface area contributed by atoms with Crippen molar-refractivity contribution in [1.82, 2.24) is 0 Å². The van der Waals surface area contributed by atoms with Crippen molar-refractivity contribution >= 4 is 15.9 Å². The SMILES string of the molecule is Cc1oc(NS(=O)(=O)c2ccccc2)c(C#N)c1C. The molecule has 98 valence electrons. The maximum Gasteiger partial charge on any atom is 0.264 e. The number of aryl methyl sites for hydroxylation is 1. The lowest BCUT2D eigenvalue weighted by Crippen LogP contribution is -2.13. The molecule has 0 radical (unpaired) electrons. The highest BCUT2D eigenvalue weighted by Gasteiger charge is 2.21. The minimum atomic E-state index is -3.74. The van der Waals surface area contributed by atoms with E-state index in [2.05, 4.69) is 4.72 Å². The van der Waals surface area contributed by atoms with Crippen LogP contribution in [0.5, 0.6) is 0 Å². The first-order valence-electron chi connectivity index (χ1n) is 5.53. The van der Waals surface area contributed by atoms with E-state index in [0.717, 1.165) is 0 Å². The third kappa shape index (κ3) is 2.46. The van der Waals surface area contributed by atoms with Crippen LogP contribution in [0.4, 0.5) is 5.88 Å². The van der Waals surface area contributed by atoms with Crippen molar-refractivity contribution in [3.63, 3.8) is 0 Å². The molecule has 0 saturated heterocycles. The van der Waals surface area contributed by atoms with Crippen LogP contribution >= 0.6 is 0 Å². The van der Waals surface area contributed by atoms with Crippen LogP contribution in [0.1, 0.15) is 16.9 Å². The molecule has 0 aliphatic carbocycles. The summed E-state index contributed by atoms with van der Waals surface area (Å²) in [5.74, 6) is 0.476. The Morgan fingerprint density at radius 2 is 1.84 bits per heavy atom. The van der Waals surface area contributed by atoms with Gasteiger partial charge in [-0.15, -0.1) is 0 Å². The highest BCUT2D eigenvalue weighted by atomic mass is 32.2. The first-order valence-corrected chi connectivity index (χ1v) is 7.02. The van der Waals surface area contributed by atoms with E-state index >= 15 is 0 Å². The maximum atomic E-state index is 12.1. The summed E-state index contributed by atoms with van der Waals surface area (Å²) in [7, 11) is -3.74. The summed E-state index contributed by atoms with van der Waals surface area (Å²) in [6.45, 7) is 3.38. The molecular formula is C13H12N2O3S. The van der Waals surface area contributed by atoms with E-state index in [1.165, 1.54) is 12.1 Å². The zero-order chi connectivity index (χ0) is 14.0. The Hall–Kier alpha value is -2.26. The third-order valence-corrected chi connectivity index (χ3v) is 4.12. The van der Waals surface area contributed by atoms with E-state index in [0.29, 0.717) is 11.3 Å². The molecule has 19 heavy (non-hydrogen) atoms. The van der Waals surface area contributed by atoms with Gasteiger partial charge in [-0.1, -0.05) is 18.2 Å². The van der Waals surface area contributed by atoms with Gasteiger partial charge in [0.15, 0.2) is 0 Å². The van der Waals surface area contributed by atoms with Crippen molar-refractivity contribution in [2.45, 2.75) is 18.7 Å². The molecule has 0 saturated carbocycles. The van der Waals surface area contributed by atoms with Crippen LogP contribution in [-0.4, -0.2) is 8.42 Å². The first-order chi connectivity index (χ1) is 8.95. The van der Waals surface area contributed by atoms with Crippen molar-refractivity contribution in [2.24, 2.45) is 0 Å². The number of hydrogen-bond acceptors (Lipinski definition) is 4. The summed E-state index contributed by atoms with van der Waals surface area (Å²) >= 11 is 0. The Morgan fingerprint density at radius 3 is 2.42 bits per heavy atom. The molecule has 1 heterocycles. The summed E-state index contributed by atoms with van der Waals surface area (Å²) < 4.78 is 31.8. The van der Waals surface area contributed by atoms with Gasteiger partial charge in [0, 0.05) is 5.56 Å². The number of hydrogen-bond donors (Lipinski definition) is 1. The van der Waals surface area contributed by atoms with Crippen molar-refractivity contribution in [3.05, 3.63) is 47.2 Å². The largest absolute Gasteiger partial charge is 0.443 e. The molecule has 5 nitrogen and oxygen atoms in total. The number of nitrogens with zero attached hydrogens (tertiary/aromatic N) is 1. The topological polar surface area (TPSA) is 83.1 Å². The lowest BCUT2D eigenvalue weighted by atomic mass is 10.2. The summed E-state index contributed by atoms with van der Waals surface area (Å²) in [6.07, 6.45) is 0. The van der Waals surface area contributed by atoms with Crippen LogP contribution < -0.4 is 4.72 Å². The van der Waals surface area contributed by atoms with E-state index in [1.807, 2.05) is 6.07 Å². The molecule has 2 rings (SSSR count). The van der Waals surface area contributed by atoms with Gasteiger partial charge in [-0.2, -0.15) is 5.26 Å². The molecule has 0 bridgehead atoms. The van der Waals surface area contributed by atoms with Gasteiger partial charge in [-0.05, 0) is 26.0 Å². The molecule has 0 fully saturated rings. The predicted molar refractivity (Wildman–Crippen MR) is 70.1 cm³/mol. The third-order valence-electron chi connectivity index (χ3n) is 2.78. The minimum absolute atomic E-state index is 0.0404. The van der Waals surface area contributed by atoms with Crippen LogP contribution in [-0.2, 0) is 10.0 Å². The standard InChI is InChI=1S/C13H12N2O3S/c1-9-10(2)18-13(12(9)8-14)15-19(16,17)11-6-4-3-5-7-11/h3-7,15H,1-2H3. The van der Waals surface area contributed by atoms with E-state index in [1.54, 1.807) is 32.0 Å². The number of benzene rings is 1. The highest BCUT2D eigenvalue weighted by molar-refractivity contribution is 7.92. The van der Waals surface area contributed by atoms with Gasteiger partial charge in [0.1, 0.15) is 17.4 Å².